The third kappa shape index (κ3) is 23.4. The van der Waals surface area contributed by atoms with Gasteiger partial charge in [-0.05, 0) is 32.1 Å². The average molecular weight is 370 g/mol. The molecule has 1 saturated heterocycles. The summed E-state index contributed by atoms with van der Waals surface area (Å²) in [4.78, 5) is 10.2. The van der Waals surface area contributed by atoms with Crippen LogP contribution in [0.4, 0.5) is 0 Å². The molecule has 0 aromatic heterocycles. The number of piperidine rings is 1. The highest BCUT2D eigenvalue weighted by Gasteiger charge is 1.97. The van der Waals surface area contributed by atoms with Gasteiger partial charge in [0.05, 0.1) is 13.1 Å². The van der Waals surface area contributed by atoms with Gasteiger partial charge in [-0.1, -0.05) is 96.8 Å². The molecule has 3 nitrogen and oxygen atoms in total. The highest BCUT2D eigenvalue weighted by Crippen LogP contribution is 2.13. The van der Waals surface area contributed by atoms with E-state index >= 15 is 0 Å². The van der Waals surface area contributed by atoms with Gasteiger partial charge in [0.2, 0.25) is 0 Å². The Morgan fingerprint density at radius 2 is 1.04 bits per heavy atom. The first-order valence-electron chi connectivity index (χ1n) is 11.8. The number of hydrogen-bond donors (Lipinski definition) is 1. The van der Waals surface area contributed by atoms with Crippen molar-refractivity contribution >= 4 is 5.97 Å². The summed E-state index contributed by atoms with van der Waals surface area (Å²) in [5, 5.41) is 12.6. The van der Waals surface area contributed by atoms with Crippen LogP contribution in [0.1, 0.15) is 129 Å². The van der Waals surface area contributed by atoms with Gasteiger partial charge in [-0.3, -0.25) is 0 Å². The molecular weight excluding hydrogens is 322 g/mol. The second-order valence-corrected chi connectivity index (χ2v) is 8.00. The molecule has 2 N–H and O–H groups in total. The Morgan fingerprint density at radius 3 is 1.31 bits per heavy atom. The number of nitrogens with two attached hydrogens (primary N) is 1. The maximum absolute atomic E-state index is 10.2. The van der Waals surface area contributed by atoms with Gasteiger partial charge in [-0.2, -0.15) is 0 Å². The fourth-order valence-electron chi connectivity index (χ4n) is 3.54. The standard InChI is InChI=1S/C18H36O2.C5H11N/c1-2-3-4-5-6-7-8-9-10-11-12-13-14-15-16-17-18(19)20;1-2-4-6-5-3-1/h2-17H2,1H3,(H,19,20);6H,1-5H2. The fourth-order valence-corrected chi connectivity index (χ4v) is 3.54. The van der Waals surface area contributed by atoms with Crippen molar-refractivity contribution in [2.45, 2.75) is 129 Å². The van der Waals surface area contributed by atoms with Crippen molar-refractivity contribution in [2.24, 2.45) is 0 Å². The van der Waals surface area contributed by atoms with Crippen LogP contribution in [0, 0.1) is 0 Å². The minimum Gasteiger partial charge on any atom is -0.550 e. The second kappa shape index (κ2) is 22.5. The molecule has 0 amide bonds. The molecule has 0 bridgehead atoms. The Hall–Kier alpha value is -0.570. The van der Waals surface area contributed by atoms with Crippen LogP contribution in [0.5, 0.6) is 0 Å². The van der Waals surface area contributed by atoms with Gasteiger partial charge in [-0.15, -0.1) is 0 Å². The SMILES string of the molecule is C1CC[NH2+]CC1.CCCCCCCCCCCCCCCCCC(=O)[O-]. The zero-order valence-corrected chi connectivity index (χ0v) is 17.7. The summed E-state index contributed by atoms with van der Waals surface area (Å²) >= 11 is 0. The molecule has 0 spiro atoms. The van der Waals surface area contributed by atoms with Gasteiger partial charge in [0.1, 0.15) is 0 Å². The summed E-state index contributed by atoms with van der Waals surface area (Å²) in [5.41, 5.74) is 0. The Kier molecular flexibility index (Phi) is 22.0. The van der Waals surface area contributed by atoms with Crippen LogP contribution in [-0.2, 0) is 4.79 Å². The second-order valence-electron chi connectivity index (χ2n) is 8.00. The molecule has 0 aromatic rings. The first kappa shape index (κ1) is 25.4. The molecule has 0 radical (unpaired) electrons. The number of carbonyl (C=O) groups is 1. The van der Waals surface area contributed by atoms with Crippen LogP contribution in [-0.4, -0.2) is 19.1 Å². The van der Waals surface area contributed by atoms with E-state index in [1.165, 1.54) is 116 Å². The fraction of sp³-hybridized carbons (Fsp3) is 0.957. The average Bonchev–Trinajstić information content (AvgIpc) is 2.66. The van der Waals surface area contributed by atoms with Crippen LogP contribution in [0.2, 0.25) is 0 Å². The van der Waals surface area contributed by atoms with E-state index in [0.717, 1.165) is 12.8 Å². The maximum atomic E-state index is 10.2. The first-order valence-corrected chi connectivity index (χ1v) is 11.8. The van der Waals surface area contributed by atoms with Crippen LogP contribution >= 0.6 is 0 Å². The van der Waals surface area contributed by atoms with E-state index in [1.807, 2.05) is 0 Å². The summed E-state index contributed by atoms with van der Waals surface area (Å²) in [6.45, 7) is 5.02. The van der Waals surface area contributed by atoms with Crippen LogP contribution in [0.3, 0.4) is 0 Å². The molecule has 0 atom stereocenters. The number of hydrogen-bond acceptors (Lipinski definition) is 2. The van der Waals surface area contributed by atoms with Gasteiger partial charge in [0.15, 0.2) is 0 Å². The zero-order chi connectivity index (χ0) is 19.1. The molecule has 0 aliphatic carbocycles. The third-order valence-electron chi connectivity index (χ3n) is 5.30. The van der Waals surface area contributed by atoms with E-state index in [2.05, 4.69) is 12.2 Å². The largest absolute Gasteiger partial charge is 0.550 e. The van der Waals surface area contributed by atoms with E-state index in [4.69, 9.17) is 0 Å². The lowest BCUT2D eigenvalue weighted by molar-refractivity contribution is -0.662. The number of unbranched alkanes of at least 4 members (excludes halogenated alkanes) is 14. The van der Waals surface area contributed by atoms with Crippen molar-refractivity contribution in [1.82, 2.24) is 0 Å². The topological polar surface area (TPSA) is 56.7 Å². The molecule has 1 aliphatic rings. The predicted molar refractivity (Wildman–Crippen MR) is 110 cm³/mol. The summed E-state index contributed by atoms with van der Waals surface area (Å²) in [6.07, 6.45) is 24.2. The molecule has 0 saturated carbocycles. The Balaban J connectivity index is 0.000000867. The smallest absolute Gasteiger partial charge is 0.0755 e. The number of carboxylic acid groups (broad SMARTS) is 1. The molecule has 1 aliphatic heterocycles. The summed E-state index contributed by atoms with van der Waals surface area (Å²) in [6, 6.07) is 0. The van der Waals surface area contributed by atoms with Crippen molar-refractivity contribution in [3.05, 3.63) is 0 Å². The molecule has 0 aromatic carbocycles. The third-order valence-corrected chi connectivity index (χ3v) is 5.30. The van der Waals surface area contributed by atoms with E-state index in [9.17, 15) is 9.90 Å². The van der Waals surface area contributed by atoms with Crippen molar-refractivity contribution in [3.63, 3.8) is 0 Å². The number of rotatable bonds is 16. The van der Waals surface area contributed by atoms with Gasteiger partial charge in [0.25, 0.3) is 0 Å². The minimum atomic E-state index is -0.903. The molecule has 156 valence electrons. The van der Waals surface area contributed by atoms with Crippen molar-refractivity contribution in [2.75, 3.05) is 13.1 Å². The summed E-state index contributed by atoms with van der Waals surface area (Å²) in [5.74, 6) is -0.903. The lowest BCUT2D eigenvalue weighted by Gasteiger charge is -2.05. The molecule has 0 unspecified atom stereocenters. The summed E-state index contributed by atoms with van der Waals surface area (Å²) < 4.78 is 0. The zero-order valence-electron chi connectivity index (χ0n) is 17.7. The van der Waals surface area contributed by atoms with E-state index in [0.29, 0.717) is 0 Å². The lowest BCUT2D eigenvalue weighted by atomic mass is 10.0. The predicted octanol–water partition coefficient (Wildman–Crippen LogP) is 4.73. The van der Waals surface area contributed by atoms with Crippen molar-refractivity contribution in [3.8, 4) is 0 Å². The van der Waals surface area contributed by atoms with Gasteiger partial charge in [-0.25, -0.2) is 0 Å². The number of aliphatic carboxylic acids is 1. The van der Waals surface area contributed by atoms with Gasteiger partial charge < -0.3 is 15.2 Å². The normalized spacial score (nSPS) is 13.9. The van der Waals surface area contributed by atoms with Crippen LogP contribution in [0.25, 0.3) is 0 Å². The monoisotopic (exact) mass is 369 g/mol. The highest BCUT2D eigenvalue weighted by atomic mass is 16.4. The lowest BCUT2D eigenvalue weighted by Crippen LogP contribution is -2.85. The van der Waals surface area contributed by atoms with E-state index in [-0.39, 0.29) is 6.42 Å². The first-order chi connectivity index (χ1) is 12.8. The molecular formula is C23H47NO2. The number of carboxylic acids is 1. The number of carbonyl (C=O) groups excluding carboxylic acids is 1. The van der Waals surface area contributed by atoms with Crippen molar-refractivity contribution in [1.29, 1.82) is 0 Å². The van der Waals surface area contributed by atoms with Gasteiger partial charge in [0, 0.05) is 5.97 Å². The van der Waals surface area contributed by atoms with Crippen LogP contribution in [0.15, 0.2) is 0 Å². The molecule has 1 rings (SSSR count). The minimum absolute atomic E-state index is 0.234. The van der Waals surface area contributed by atoms with Gasteiger partial charge >= 0.3 is 0 Å². The van der Waals surface area contributed by atoms with Crippen LogP contribution < -0.4 is 10.4 Å². The molecule has 1 heterocycles. The quantitative estimate of drug-likeness (QED) is 0.400. The molecule has 3 heteroatoms. The van der Waals surface area contributed by atoms with E-state index < -0.39 is 5.97 Å². The molecule has 26 heavy (non-hydrogen) atoms. The Bertz CT molecular complexity index is 266. The summed E-state index contributed by atoms with van der Waals surface area (Å²) in [7, 11) is 0. The number of quaternary nitrogens is 1. The highest BCUT2D eigenvalue weighted by molar-refractivity contribution is 5.63. The Morgan fingerprint density at radius 1 is 0.654 bits per heavy atom. The maximum Gasteiger partial charge on any atom is 0.0755 e. The Labute approximate surface area is 163 Å². The van der Waals surface area contributed by atoms with E-state index in [1.54, 1.807) is 0 Å². The van der Waals surface area contributed by atoms with Crippen molar-refractivity contribution < 1.29 is 15.2 Å². The molecule has 1 fully saturated rings.